The number of aromatic nitrogens is 2. The minimum Gasteiger partial charge on any atom is -0.355 e. The number of amides is 2. The molecule has 0 saturated heterocycles. The van der Waals surface area contributed by atoms with Crippen molar-refractivity contribution in [3.05, 3.63) is 42.7 Å². The first-order valence-electron chi connectivity index (χ1n) is 11.2. The molecule has 2 aromatic rings. The van der Waals surface area contributed by atoms with Gasteiger partial charge in [-0.2, -0.15) is 0 Å². The highest BCUT2D eigenvalue weighted by molar-refractivity contribution is 7.99. The van der Waals surface area contributed by atoms with Crippen LogP contribution in [0.2, 0.25) is 0 Å². The number of pyridine rings is 2. The van der Waals surface area contributed by atoms with Crippen molar-refractivity contribution in [2.75, 3.05) is 11.9 Å². The average Bonchev–Trinajstić information content (AvgIpc) is 2.74. The van der Waals surface area contributed by atoms with E-state index in [0.29, 0.717) is 12.2 Å². The van der Waals surface area contributed by atoms with Gasteiger partial charge >= 0.3 is 0 Å². The quantitative estimate of drug-likeness (QED) is 0.676. The van der Waals surface area contributed by atoms with E-state index in [-0.39, 0.29) is 23.7 Å². The van der Waals surface area contributed by atoms with E-state index in [0.717, 1.165) is 47.1 Å². The summed E-state index contributed by atoms with van der Waals surface area (Å²) in [5.74, 6) is 2.29. The van der Waals surface area contributed by atoms with Crippen LogP contribution in [-0.2, 0) is 9.59 Å². The summed E-state index contributed by atoms with van der Waals surface area (Å²) in [6, 6.07) is 9.33. The summed E-state index contributed by atoms with van der Waals surface area (Å²) >= 11 is 1.45. The first-order chi connectivity index (χ1) is 15.1. The van der Waals surface area contributed by atoms with Crippen molar-refractivity contribution in [3.8, 4) is 0 Å². The molecule has 0 atom stereocenters. The molecule has 0 aromatic carbocycles. The largest absolute Gasteiger partial charge is 0.355 e. The highest BCUT2D eigenvalue weighted by atomic mass is 32.2. The van der Waals surface area contributed by atoms with E-state index in [1.165, 1.54) is 31.0 Å². The highest BCUT2D eigenvalue weighted by Gasteiger charge is 2.54. The molecule has 4 saturated carbocycles. The monoisotopic (exact) mass is 436 g/mol. The maximum atomic E-state index is 13.0. The first kappa shape index (κ1) is 20.5. The fraction of sp³-hybridized carbons (Fsp3) is 0.500. The molecule has 31 heavy (non-hydrogen) atoms. The van der Waals surface area contributed by atoms with Crippen molar-refractivity contribution < 1.29 is 9.59 Å². The lowest BCUT2D eigenvalue weighted by Gasteiger charge is -2.55. The van der Waals surface area contributed by atoms with Gasteiger partial charge in [-0.1, -0.05) is 17.8 Å². The molecule has 4 aliphatic rings. The number of rotatable bonds is 7. The van der Waals surface area contributed by atoms with Crippen LogP contribution in [0.1, 0.15) is 44.9 Å². The van der Waals surface area contributed by atoms with Gasteiger partial charge in [0.1, 0.15) is 10.1 Å². The molecule has 7 heteroatoms. The molecule has 2 N–H and O–H groups in total. The van der Waals surface area contributed by atoms with Crippen LogP contribution in [0, 0.1) is 23.2 Å². The van der Waals surface area contributed by atoms with E-state index in [9.17, 15) is 9.59 Å². The Morgan fingerprint density at radius 3 is 2.35 bits per heavy atom. The van der Waals surface area contributed by atoms with E-state index in [2.05, 4.69) is 20.6 Å². The molecule has 6 rings (SSSR count). The van der Waals surface area contributed by atoms with Crippen LogP contribution in [-0.4, -0.2) is 28.3 Å². The molecule has 0 spiro atoms. The van der Waals surface area contributed by atoms with Gasteiger partial charge in [0, 0.05) is 36.5 Å². The van der Waals surface area contributed by atoms with Gasteiger partial charge in [-0.3, -0.25) is 9.59 Å². The SMILES string of the molecule is O=C(CCNC(=O)C12CC3CC(CC(C3)C1)C2)Nc1ccnc(Sc2ccccn2)c1. The first-order valence-corrected chi connectivity index (χ1v) is 12.0. The molecule has 0 radical (unpaired) electrons. The lowest BCUT2D eigenvalue weighted by molar-refractivity contribution is -0.146. The fourth-order valence-corrected chi connectivity index (χ4v) is 6.92. The van der Waals surface area contributed by atoms with Gasteiger partial charge in [0.2, 0.25) is 11.8 Å². The van der Waals surface area contributed by atoms with Gasteiger partial charge in [0.25, 0.3) is 0 Å². The maximum Gasteiger partial charge on any atom is 0.226 e. The topological polar surface area (TPSA) is 84.0 Å². The predicted molar refractivity (Wildman–Crippen MR) is 119 cm³/mol. The maximum absolute atomic E-state index is 13.0. The third-order valence-corrected chi connectivity index (χ3v) is 7.91. The Bertz CT molecular complexity index is 930. The molecule has 4 aliphatic carbocycles. The molecule has 4 bridgehead atoms. The summed E-state index contributed by atoms with van der Waals surface area (Å²) in [5.41, 5.74) is 0.541. The Labute approximate surface area is 187 Å². The number of nitrogens with zero attached hydrogens (tertiary/aromatic N) is 2. The summed E-state index contributed by atoms with van der Waals surface area (Å²) < 4.78 is 0. The van der Waals surface area contributed by atoms with Gasteiger partial charge in [0.05, 0.1) is 0 Å². The number of carbonyl (C=O) groups is 2. The van der Waals surface area contributed by atoms with Crippen LogP contribution in [0.3, 0.4) is 0 Å². The molecule has 6 nitrogen and oxygen atoms in total. The molecule has 2 aromatic heterocycles. The van der Waals surface area contributed by atoms with Gasteiger partial charge in [-0.25, -0.2) is 9.97 Å². The lowest BCUT2D eigenvalue weighted by atomic mass is 9.49. The zero-order valence-electron chi connectivity index (χ0n) is 17.5. The van der Waals surface area contributed by atoms with Crippen molar-refractivity contribution >= 4 is 29.3 Å². The predicted octanol–water partition coefficient (Wildman–Crippen LogP) is 4.29. The third-order valence-electron chi connectivity index (χ3n) is 7.02. The Hall–Kier alpha value is -2.41. The van der Waals surface area contributed by atoms with E-state index in [1.54, 1.807) is 18.5 Å². The zero-order valence-corrected chi connectivity index (χ0v) is 18.4. The van der Waals surface area contributed by atoms with Gasteiger partial charge in [-0.15, -0.1) is 0 Å². The van der Waals surface area contributed by atoms with Crippen molar-refractivity contribution in [1.82, 2.24) is 15.3 Å². The smallest absolute Gasteiger partial charge is 0.226 e. The summed E-state index contributed by atoms with van der Waals surface area (Å²) in [6.45, 7) is 0.382. The number of nitrogens with one attached hydrogen (secondary N) is 2. The molecular weight excluding hydrogens is 408 g/mol. The van der Waals surface area contributed by atoms with E-state index < -0.39 is 0 Å². The van der Waals surface area contributed by atoms with Crippen LogP contribution in [0.5, 0.6) is 0 Å². The molecule has 2 heterocycles. The fourth-order valence-electron chi connectivity index (χ4n) is 6.15. The molecule has 162 valence electrons. The van der Waals surface area contributed by atoms with Crippen molar-refractivity contribution in [2.24, 2.45) is 23.2 Å². The number of anilines is 1. The summed E-state index contributed by atoms with van der Waals surface area (Å²) in [6.07, 6.45) is 10.8. The second kappa shape index (κ2) is 8.61. The van der Waals surface area contributed by atoms with E-state index >= 15 is 0 Å². The van der Waals surface area contributed by atoms with Crippen LogP contribution in [0.15, 0.2) is 52.8 Å². The van der Waals surface area contributed by atoms with E-state index in [1.807, 2.05) is 24.3 Å². The summed E-state index contributed by atoms with van der Waals surface area (Å²) in [7, 11) is 0. The molecular formula is C24H28N4O2S. The minimum absolute atomic E-state index is 0.106. The number of carbonyl (C=O) groups excluding carboxylic acids is 2. The van der Waals surface area contributed by atoms with Crippen LogP contribution in [0.25, 0.3) is 0 Å². The van der Waals surface area contributed by atoms with E-state index in [4.69, 9.17) is 0 Å². The number of hydrogen-bond donors (Lipinski definition) is 2. The molecule has 4 fully saturated rings. The second-order valence-electron chi connectivity index (χ2n) is 9.40. The Morgan fingerprint density at radius 1 is 0.968 bits per heavy atom. The Balaban J connectivity index is 1.11. The third kappa shape index (κ3) is 4.61. The molecule has 2 amide bonds. The lowest BCUT2D eigenvalue weighted by Crippen LogP contribution is -2.53. The molecule has 0 unspecified atom stereocenters. The standard InChI is InChI=1S/C24H28N4O2S/c29-20(28-19-4-7-26-22(12-19)31-21-3-1-2-6-25-21)5-8-27-23(30)24-13-16-9-17(14-24)11-18(10-16)15-24/h1-4,6-7,12,16-18H,5,8-11,13-15H2,(H,27,30)(H,26,28,29). The van der Waals surface area contributed by atoms with Gasteiger partial charge in [0.15, 0.2) is 0 Å². The molecule has 0 aliphatic heterocycles. The Kier molecular flexibility index (Phi) is 5.69. The van der Waals surface area contributed by atoms with Gasteiger partial charge < -0.3 is 10.6 Å². The van der Waals surface area contributed by atoms with Crippen molar-refractivity contribution in [2.45, 2.75) is 55.0 Å². The van der Waals surface area contributed by atoms with Crippen LogP contribution >= 0.6 is 11.8 Å². The summed E-state index contributed by atoms with van der Waals surface area (Å²) in [4.78, 5) is 34.0. The normalized spacial score (nSPS) is 28.3. The van der Waals surface area contributed by atoms with Crippen molar-refractivity contribution in [3.63, 3.8) is 0 Å². The zero-order chi connectivity index (χ0) is 21.3. The van der Waals surface area contributed by atoms with Gasteiger partial charge in [-0.05, 0) is 80.5 Å². The van der Waals surface area contributed by atoms with Crippen LogP contribution < -0.4 is 10.6 Å². The minimum atomic E-state index is -0.159. The summed E-state index contributed by atoms with van der Waals surface area (Å²) in [5, 5.41) is 7.61. The number of hydrogen-bond acceptors (Lipinski definition) is 5. The van der Waals surface area contributed by atoms with Crippen molar-refractivity contribution in [1.29, 1.82) is 0 Å². The van der Waals surface area contributed by atoms with Crippen LogP contribution in [0.4, 0.5) is 5.69 Å². The second-order valence-corrected chi connectivity index (χ2v) is 10.4. The average molecular weight is 437 g/mol. The Morgan fingerprint density at radius 2 is 1.68 bits per heavy atom. The highest BCUT2D eigenvalue weighted by Crippen LogP contribution is 2.60.